The summed E-state index contributed by atoms with van der Waals surface area (Å²) in [6, 6.07) is 5.84. The summed E-state index contributed by atoms with van der Waals surface area (Å²) in [6.07, 6.45) is 5.20. The van der Waals surface area contributed by atoms with Crippen molar-refractivity contribution in [1.29, 1.82) is 0 Å². The number of nitrogens with zero attached hydrogens (tertiary/aromatic N) is 1. The maximum absolute atomic E-state index is 4.19. The zero-order valence-corrected chi connectivity index (χ0v) is 6.90. The second-order valence-corrected chi connectivity index (χ2v) is 2.34. The highest BCUT2D eigenvalue weighted by atomic mass is 14.9. The molecule has 0 aromatic carbocycles. The van der Waals surface area contributed by atoms with Crippen molar-refractivity contribution in [3.8, 4) is 0 Å². The number of aromatic nitrogens is 1. The molecule has 0 aliphatic carbocycles. The lowest BCUT2D eigenvalue weighted by Crippen LogP contribution is -2.13. The second-order valence-electron chi connectivity index (χ2n) is 2.34. The number of hydrogen-bond donors (Lipinski definition) is 1. The lowest BCUT2D eigenvalue weighted by Gasteiger charge is -2.10. The van der Waals surface area contributed by atoms with Crippen LogP contribution in [0.15, 0.2) is 49.8 Å². The minimum absolute atomic E-state index is 0.0590. The van der Waals surface area contributed by atoms with E-state index in [1.165, 1.54) is 0 Å². The molecule has 1 N–H and O–H groups in total. The van der Waals surface area contributed by atoms with Crippen molar-refractivity contribution in [3.63, 3.8) is 0 Å². The van der Waals surface area contributed by atoms with Gasteiger partial charge in [0, 0.05) is 6.20 Å². The van der Waals surface area contributed by atoms with Crippen LogP contribution in [-0.2, 0) is 0 Å². The molecule has 0 saturated carbocycles. The van der Waals surface area contributed by atoms with E-state index in [4.69, 9.17) is 0 Å². The number of nitrogens with one attached hydrogen (secondary N) is 1. The first kappa shape index (κ1) is 8.53. The van der Waals surface area contributed by atoms with E-state index in [9.17, 15) is 0 Å². The van der Waals surface area contributed by atoms with Crippen molar-refractivity contribution < 1.29 is 0 Å². The maximum atomic E-state index is 4.19. The van der Waals surface area contributed by atoms with Crippen molar-refractivity contribution in [2.75, 3.05) is 0 Å². The summed E-state index contributed by atoms with van der Waals surface area (Å²) in [6.45, 7) is 7.29. The first-order chi connectivity index (χ1) is 5.88. The first-order valence-corrected chi connectivity index (χ1v) is 3.79. The average Bonchev–Trinajstić information content (AvgIpc) is 2.15. The van der Waals surface area contributed by atoms with Crippen molar-refractivity contribution in [2.45, 2.75) is 6.04 Å². The van der Waals surface area contributed by atoms with Gasteiger partial charge in [0.1, 0.15) is 0 Å². The standard InChI is InChI=1S/C10H12N2/c1-3-9(11-4-2)10-7-5-6-8-12-10/h3-9,11H,1-2H2. The van der Waals surface area contributed by atoms with Crippen LogP contribution in [0.1, 0.15) is 11.7 Å². The van der Waals surface area contributed by atoms with Crippen LogP contribution in [0.3, 0.4) is 0 Å². The Morgan fingerprint density at radius 2 is 2.25 bits per heavy atom. The molecule has 2 nitrogen and oxygen atoms in total. The van der Waals surface area contributed by atoms with Crippen molar-refractivity contribution in [3.05, 3.63) is 55.5 Å². The van der Waals surface area contributed by atoms with Crippen LogP contribution < -0.4 is 5.32 Å². The lowest BCUT2D eigenvalue weighted by molar-refractivity contribution is 0.732. The molecule has 0 aliphatic heterocycles. The number of hydrogen-bond acceptors (Lipinski definition) is 2. The Bertz CT molecular complexity index is 254. The lowest BCUT2D eigenvalue weighted by atomic mass is 10.2. The van der Waals surface area contributed by atoms with Crippen LogP contribution in [-0.4, -0.2) is 4.98 Å². The molecule has 1 rings (SSSR count). The first-order valence-electron chi connectivity index (χ1n) is 3.79. The summed E-state index contributed by atoms with van der Waals surface area (Å²) in [4.78, 5) is 4.19. The molecular formula is C10H12N2. The summed E-state index contributed by atoms with van der Waals surface area (Å²) >= 11 is 0. The van der Waals surface area contributed by atoms with E-state index in [0.29, 0.717) is 0 Å². The molecule has 0 bridgehead atoms. The summed E-state index contributed by atoms with van der Waals surface area (Å²) in [5, 5.41) is 3.03. The van der Waals surface area contributed by atoms with E-state index in [1.54, 1.807) is 18.5 Å². The molecule has 12 heavy (non-hydrogen) atoms. The summed E-state index contributed by atoms with van der Waals surface area (Å²) in [5.74, 6) is 0. The highest BCUT2D eigenvalue weighted by Crippen LogP contribution is 2.09. The van der Waals surface area contributed by atoms with E-state index in [-0.39, 0.29) is 6.04 Å². The quantitative estimate of drug-likeness (QED) is 0.682. The van der Waals surface area contributed by atoms with Gasteiger partial charge in [-0.2, -0.15) is 0 Å². The van der Waals surface area contributed by atoms with E-state index in [0.717, 1.165) is 5.69 Å². The molecule has 0 radical (unpaired) electrons. The topological polar surface area (TPSA) is 24.9 Å². The molecule has 62 valence electrons. The SMILES string of the molecule is C=CNC(C=C)c1ccccn1. The Balaban J connectivity index is 2.79. The van der Waals surface area contributed by atoms with Gasteiger partial charge in [-0.05, 0) is 18.3 Å². The maximum Gasteiger partial charge on any atom is 0.0862 e. The predicted molar refractivity (Wildman–Crippen MR) is 50.5 cm³/mol. The third-order valence-corrected chi connectivity index (χ3v) is 1.54. The minimum atomic E-state index is 0.0590. The fourth-order valence-electron chi connectivity index (χ4n) is 0.961. The smallest absolute Gasteiger partial charge is 0.0862 e. The molecule has 0 aliphatic rings. The van der Waals surface area contributed by atoms with Crippen LogP contribution in [0.5, 0.6) is 0 Å². The second kappa shape index (κ2) is 4.34. The number of pyridine rings is 1. The van der Waals surface area contributed by atoms with Gasteiger partial charge in [0.15, 0.2) is 0 Å². The van der Waals surface area contributed by atoms with E-state index in [2.05, 4.69) is 23.5 Å². The van der Waals surface area contributed by atoms with Gasteiger partial charge in [-0.25, -0.2) is 0 Å². The summed E-state index contributed by atoms with van der Waals surface area (Å²) < 4.78 is 0. The molecule has 2 heteroatoms. The molecule has 0 saturated heterocycles. The fourth-order valence-corrected chi connectivity index (χ4v) is 0.961. The van der Waals surface area contributed by atoms with Crippen molar-refractivity contribution >= 4 is 0 Å². The van der Waals surface area contributed by atoms with Crippen LogP contribution in [0.2, 0.25) is 0 Å². The fraction of sp³-hybridized carbons (Fsp3) is 0.100. The Kier molecular flexibility index (Phi) is 3.08. The van der Waals surface area contributed by atoms with Crippen molar-refractivity contribution in [2.24, 2.45) is 0 Å². The zero-order valence-electron chi connectivity index (χ0n) is 6.90. The van der Waals surface area contributed by atoms with E-state index in [1.807, 2.05) is 18.2 Å². The van der Waals surface area contributed by atoms with Crippen LogP contribution in [0.4, 0.5) is 0 Å². The van der Waals surface area contributed by atoms with E-state index >= 15 is 0 Å². The predicted octanol–water partition coefficient (Wildman–Crippen LogP) is 2.04. The van der Waals surface area contributed by atoms with Gasteiger partial charge in [0.25, 0.3) is 0 Å². The van der Waals surface area contributed by atoms with Gasteiger partial charge in [0.2, 0.25) is 0 Å². The van der Waals surface area contributed by atoms with Gasteiger partial charge in [0.05, 0.1) is 11.7 Å². The van der Waals surface area contributed by atoms with Crippen LogP contribution >= 0.6 is 0 Å². The highest BCUT2D eigenvalue weighted by Gasteiger charge is 2.03. The Morgan fingerprint density at radius 3 is 2.75 bits per heavy atom. The van der Waals surface area contributed by atoms with Gasteiger partial charge in [-0.15, -0.1) is 6.58 Å². The van der Waals surface area contributed by atoms with Gasteiger partial charge < -0.3 is 5.32 Å². The Morgan fingerprint density at radius 1 is 1.42 bits per heavy atom. The Labute approximate surface area is 72.6 Å². The zero-order chi connectivity index (χ0) is 8.81. The van der Waals surface area contributed by atoms with Crippen LogP contribution in [0, 0.1) is 0 Å². The average molecular weight is 160 g/mol. The number of rotatable bonds is 4. The summed E-state index contributed by atoms with van der Waals surface area (Å²) in [5.41, 5.74) is 0.951. The molecule has 0 spiro atoms. The molecule has 1 aromatic heterocycles. The summed E-state index contributed by atoms with van der Waals surface area (Å²) in [7, 11) is 0. The van der Waals surface area contributed by atoms with E-state index < -0.39 is 0 Å². The van der Waals surface area contributed by atoms with Gasteiger partial charge in [-0.1, -0.05) is 18.7 Å². The van der Waals surface area contributed by atoms with Crippen LogP contribution in [0.25, 0.3) is 0 Å². The molecule has 1 heterocycles. The largest absolute Gasteiger partial charge is 0.380 e. The molecule has 1 atom stereocenters. The monoisotopic (exact) mass is 160 g/mol. The van der Waals surface area contributed by atoms with Crippen molar-refractivity contribution in [1.82, 2.24) is 10.3 Å². The molecular weight excluding hydrogens is 148 g/mol. The minimum Gasteiger partial charge on any atom is -0.380 e. The molecule has 0 fully saturated rings. The normalized spacial score (nSPS) is 11.7. The van der Waals surface area contributed by atoms with Gasteiger partial charge >= 0.3 is 0 Å². The third kappa shape index (κ3) is 1.95. The molecule has 1 unspecified atom stereocenters. The third-order valence-electron chi connectivity index (χ3n) is 1.54. The van der Waals surface area contributed by atoms with Gasteiger partial charge in [-0.3, -0.25) is 4.98 Å². The molecule has 1 aromatic rings. The highest BCUT2D eigenvalue weighted by molar-refractivity contribution is 5.14. The Hall–Kier alpha value is -1.57. The molecule has 0 amide bonds.